The highest BCUT2D eigenvalue weighted by Crippen LogP contribution is 2.23. The molecule has 1 amide bonds. The SMILES string of the molecule is COC(=O)Cn1cc(/C=C(\C#N)C(=O)NCc2cccs2)c2ccccc21. The number of methoxy groups -OCH3 is 1. The molecule has 0 aliphatic carbocycles. The summed E-state index contributed by atoms with van der Waals surface area (Å²) in [4.78, 5) is 25.0. The molecular formula is C20H17N3O3S. The second-order valence-corrected chi connectivity index (χ2v) is 6.77. The van der Waals surface area contributed by atoms with Crippen LogP contribution >= 0.6 is 11.3 Å². The van der Waals surface area contributed by atoms with Crippen molar-refractivity contribution < 1.29 is 14.3 Å². The van der Waals surface area contributed by atoms with Crippen molar-refractivity contribution in [3.8, 4) is 6.07 Å². The van der Waals surface area contributed by atoms with Crippen LogP contribution in [0.25, 0.3) is 17.0 Å². The van der Waals surface area contributed by atoms with E-state index >= 15 is 0 Å². The number of nitriles is 1. The summed E-state index contributed by atoms with van der Waals surface area (Å²) >= 11 is 1.54. The smallest absolute Gasteiger partial charge is 0.325 e. The highest BCUT2D eigenvalue weighted by molar-refractivity contribution is 7.09. The Morgan fingerprint density at radius 3 is 2.81 bits per heavy atom. The lowest BCUT2D eigenvalue weighted by atomic mass is 10.1. The molecule has 6 nitrogen and oxygen atoms in total. The van der Waals surface area contributed by atoms with Crippen LogP contribution in [0.5, 0.6) is 0 Å². The molecule has 0 atom stereocenters. The highest BCUT2D eigenvalue weighted by atomic mass is 32.1. The lowest BCUT2D eigenvalue weighted by Gasteiger charge is -2.02. The largest absolute Gasteiger partial charge is 0.468 e. The normalized spacial score (nSPS) is 11.2. The Hall–Kier alpha value is -3.37. The van der Waals surface area contributed by atoms with Crippen LogP contribution in [-0.4, -0.2) is 23.6 Å². The summed E-state index contributed by atoms with van der Waals surface area (Å²) in [6.45, 7) is 0.428. The third-order valence-electron chi connectivity index (χ3n) is 4.01. The van der Waals surface area contributed by atoms with Gasteiger partial charge in [0, 0.05) is 27.5 Å². The molecule has 0 saturated carbocycles. The van der Waals surface area contributed by atoms with Crippen molar-refractivity contribution in [1.29, 1.82) is 5.26 Å². The Kier molecular flexibility index (Phi) is 5.69. The van der Waals surface area contributed by atoms with Gasteiger partial charge in [0.1, 0.15) is 18.2 Å². The van der Waals surface area contributed by atoms with E-state index in [-0.39, 0.29) is 18.1 Å². The molecule has 1 aromatic carbocycles. The van der Waals surface area contributed by atoms with Crippen molar-refractivity contribution in [2.24, 2.45) is 0 Å². The van der Waals surface area contributed by atoms with Gasteiger partial charge in [-0.05, 0) is 23.6 Å². The fourth-order valence-corrected chi connectivity index (χ4v) is 3.35. The van der Waals surface area contributed by atoms with E-state index in [1.165, 1.54) is 18.4 Å². The number of esters is 1. The zero-order valence-electron chi connectivity index (χ0n) is 14.6. The second-order valence-electron chi connectivity index (χ2n) is 5.74. The van der Waals surface area contributed by atoms with Gasteiger partial charge in [-0.3, -0.25) is 9.59 Å². The van der Waals surface area contributed by atoms with E-state index in [4.69, 9.17) is 4.74 Å². The molecule has 0 bridgehead atoms. The number of hydrogen-bond donors (Lipinski definition) is 1. The number of nitrogens with one attached hydrogen (secondary N) is 1. The van der Waals surface area contributed by atoms with E-state index < -0.39 is 5.91 Å². The number of fused-ring (bicyclic) bond motifs is 1. The third kappa shape index (κ3) is 4.25. The van der Waals surface area contributed by atoms with Crippen molar-refractivity contribution in [1.82, 2.24) is 9.88 Å². The molecule has 27 heavy (non-hydrogen) atoms. The number of para-hydroxylation sites is 1. The van der Waals surface area contributed by atoms with Gasteiger partial charge in [-0.25, -0.2) is 0 Å². The number of carbonyl (C=O) groups excluding carboxylic acids is 2. The Bertz CT molecular complexity index is 1040. The topological polar surface area (TPSA) is 84.1 Å². The van der Waals surface area contributed by atoms with Gasteiger partial charge >= 0.3 is 5.97 Å². The summed E-state index contributed by atoms with van der Waals surface area (Å²) in [5.41, 5.74) is 1.52. The first-order valence-electron chi connectivity index (χ1n) is 8.19. The van der Waals surface area contributed by atoms with Gasteiger partial charge in [-0.2, -0.15) is 5.26 Å². The van der Waals surface area contributed by atoms with Crippen LogP contribution in [0.3, 0.4) is 0 Å². The minimum Gasteiger partial charge on any atom is -0.468 e. The Balaban J connectivity index is 1.89. The molecule has 3 rings (SSSR count). The molecule has 0 unspecified atom stereocenters. The second kappa shape index (κ2) is 8.34. The average Bonchev–Trinajstić information content (AvgIpc) is 3.32. The number of amides is 1. The molecular weight excluding hydrogens is 362 g/mol. The first-order chi connectivity index (χ1) is 13.1. The molecule has 0 aliphatic rings. The van der Waals surface area contributed by atoms with Crippen molar-refractivity contribution in [3.63, 3.8) is 0 Å². The monoisotopic (exact) mass is 379 g/mol. The lowest BCUT2D eigenvalue weighted by Crippen LogP contribution is -2.23. The first-order valence-corrected chi connectivity index (χ1v) is 9.07. The zero-order valence-corrected chi connectivity index (χ0v) is 15.5. The van der Waals surface area contributed by atoms with Crippen LogP contribution < -0.4 is 5.32 Å². The van der Waals surface area contributed by atoms with Gasteiger partial charge in [-0.1, -0.05) is 24.3 Å². The summed E-state index contributed by atoms with van der Waals surface area (Å²) in [5.74, 6) is -0.809. The molecule has 1 N–H and O–H groups in total. The summed E-state index contributed by atoms with van der Waals surface area (Å²) in [7, 11) is 1.33. The molecule has 0 fully saturated rings. The van der Waals surface area contributed by atoms with Crippen LogP contribution in [-0.2, 0) is 27.4 Å². The van der Waals surface area contributed by atoms with Crippen LogP contribution in [0.4, 0.5) is 0 Å². The van der Waals surface area contributed by atoms with E-state index in [1.807, 2.05) is 47.8 Å². The van der Waals surface area contributed by atoms with Gasteiger partial charge < -0.3 is 14.6 Å². The van der Waals surface area contributed by atoms with Crippen LogP contribution in [0.15, 0.2) is 53.5 Å². The highest BCUT2D eigenvalue weighted by Gasteiger charge is 2.13. The third-order valence-corrected chi connectivity index (χ3v) is 4.89. The Labute approximate surface area is 160 Å². The quantitative estimate of drug-likeness (QED) is 0.405. The number of rotatable bonds is 6. The van der Waals surface area contributed by atoms with Crippen LogP contribution in [0.1, 0.15) is 10.4 Å². The number of benzene rings is 1. The van der Waals surface area contributed by atoms with E-state index in [2.05, 4.69) is 5.32 Å². The summed E-state index contributed by atoms with van der Waals surface area (Å²) in [6.07, 6.45) is 3.28. The van der Waals surface area contributed by atoms with E-state index in [1.54, 1.807) is 16.8 Å². The minimum atomic E-state index is -0.435. The van der Waals surface area contributed by atoms with Crippen molar-refractivity contribution in [3.05, 3.63) is 64.0 Å². The fourth-order valence-electron chi connectivity index (χ4n) is 2.70. The molecule has 0 aliphatic heterocycles. The Morgan fingerprint density at radius 1 is 1.30 bits per heavy atom. The molecule has 3 aromatic rings. The van der Waals surface area contributed by atoms with Gasteiger partial charge in [0.2, 0.25) is 0 Å². The van der Waals surface area contributed by atoms with Crippen molar-refractivity contribution in [2.45, 2.75) is 13.1 Å². The van der Waals surface area contributed by atoms with E-state index in [0.29, 0.717) is 12.1 Å². The van der Waals surface area contributed by atoms with Gasteiger partial charge in [0.05, 0.1) is 13.7 Å². The molecule has 0 saturated heterocycles. The van der Waals surface area contributed by atoms with Gasteiger partial charge in [0.25, 0.3) is 5.91 Å². The summed E-state index contributed by atoms with van der Waals surface area (Å²) < 4.78 is 6.47. The number of hydrogen-bond acceptors (Lipinski definition) is 5. The predicted molar refractivity (Wildman–Crippen MR) is 104 cm³/mol. The predicted octanol–water partition coefficient (Wildman–Crippen LogP) is 3.10. The van der Waals surface area contributed by atoms with E-state index in [0.717, 1.165) is 15.8 Å². The van der Waals surface area contributed by atoms with Gasteiger partial charge in [-0.15, -0.1) is 11.3 Å². The van der Waals surface area contributed by atoms with Crippen LogP contribution in [0, 0.1) is 11.3 Å². The maximum atomic E-state index is 12.4. The molecule has 136 valence electrons. The van der Waals surface area contributed by atoms with E-state index in [9.17, 15) is 14.9 Å². The molecule has 2 aromatic heterocycles. The van der Waals surface area contributed by atoms with Crippen molar-refractivity contribution in [2.75, 3.05) is 7.11 Å². The maximum Gasteiger partial charge on any atom is 0.325 e. The number of nitrogens with zero attached hydrogens (tertiary/aromatic N) is 2. The molecule has 0 radical (unpaired) electrons. The number of thiophene rings is 1. The molecule has 0 spiro atoms. The number of aromatic nitrogens is 1. The minimum absolute atomic E-state index is 0.00697. The zero-order chi connectivity index (χ0) is 19.2. The van der Waals surface area contributed by atoms with Crippen LogP contribution in [0.2, 0.25) is 0 Å². The molecule has 7 heteroatoms. The average molecular weight is 379 g/mol. The molecule has 2 heterocycles. The van der Waals surface area contributed by atoms with Crippen molar-refractivity contribution >= 4 is 40.2 Å². The first kappa shape index (κ1) is 18.4. The van der Waals surface area contributed by atoms with Gasteiger partial charge in [0.15, 0.2) is 0 Å². The fraction of sp³-hybridized carbons (Fsp3) is 0.150. The number of carbonyl (C=O) groups is 2. The maximum absolute atomic E-state index is 12.4. The summed E-state index contributed by atoms with van der Waals surface area (Å²) in [6, 6.07) is 13.3. The Morgan fingerprint density at radius 2 is 2.11 bits per heavy atom. The lowest BCUT2D eigenvalue weighted by molar-refractivity contribution is -0.141. The standard InChI is InChI=1S/C20H17N3O3S/c1-26-19(24)13-23-12-15(17-6-2-3-7-18(17)23)9-14(10-21)20(25)22-11-16-5-4-8-27-16/h2-9,12H,11,13H2,1H3,(H,22,25)/b14-9+. The number of ether oxygens (including phenoxy) is 1. The summed E-state index contributed by atoms with van der Waals surface area (Å²) in [5, 5.41) is 14.9.